The summed E-state index contributed by atoms with van der Waals surface area (Å²) in [7, 11) is 1.60. The largest absolute Gasteiger partial charge is 0.495 e. The molecule has 0 aliphatic heterocycles. The molecule has 0 aliphatic rings. The van der Waals surface area contributed by atoms with E-state index >= 15 is 0 Å². The minimum Gasteiger partial charge on any atom is -0.495 e. The first-order valence-corrected chi connectivity index (χ1v) is 7.96. The lowest BCUT2D eigenvalue weighted by Gasteiger charge is -2.31. The standard InChI is InChI=1S/C16H26ClN3O2/c1-4-16(5-2,11-18)20-15(21)8-9-19-13-10-12(17)6-7-14(13)22-3/h6-7,10,19H,4-5,8-9,11,18H2,1-3H3,(H,20,21). The molecule has 0 saturated heterocycles. The molecule has 1 aromatic rings. The van der Waals surface area contributed by atoms with E-state index in [2.05, 4.69) is 10.6 Å². The van der Waals surface area contributed by atoms with Crippen molar-refractivity contribution in [1.29, 1.82) is 0 Å². The maximum Gasteiger partial charge on any atom is 0.222 e. The number of nitrogens with one attached hydrogen (secondary N) is 2. The number of benzene rings is 1. The molecule has 1 rings (SSSR count). The Bertz CT molecular complexity index is 482. The molecule has 0 unspecified atom stereocenters. The van der Waals surface area contributed by atoms with Crippen LogP contribution >= 0.6 is 11.6 Å². The van der Waals surface area contributed by atoms with Gasteiger partial charge in [-0.05, 0) is 31.0 Å². The van der Waals surface area contributed by atoms with Gasteiger partial charge in [-0.15, -0.1) is 0 Å². The molecule has 0 atom stereocenters. The van der Waals surface area contributed by atoms with E-state index in [1.165, 1.54) is 0 Å². The lowest BCUT2D eigenvalue weighted by Crippen LogP contribution is -2.53. The molecule has 124 valence electrons. The highest BCUT2D eigenvalue weighted by molar-refractivity contribution is 6.30. The van der Waals surface area contributed by atoms with Crippen molar-refractivity contribution < 1.29 is 9.53 Å². The van der Waals surface area contributed by atoms with Crippen LogP contribution in [0.5, 0.6) is 5.75 Å². The Kier molecular flexibility index (Phi) is 7.48. The van der Waals surface area contributed by atoms with Crippen molar-refractivity contribution in [3.63, 3.8) is 0 Å². The van der Waals surface area contributed by atoms with Crippen LogP contribution in [0.1, 0.15) is 33.1 Å². The van der Waals surface area contributed by atoms with Gasteiger partial charge in [0.15, 0.2) is 0 Å². The van der Waals surface area contributed by atoms with Gasteiger partial charge in [0.2, 0.25) is 5.91 Å². The fourth-order valence-corrected chi connectivity index (χ4v) is 2.43. The highest BCUT2D eigenvalue weighted by Gasteiger charge is 2.25. The number of hydrogen-bond acceptors (Lipinski definition) is 4. The fourth-order valence-electron chi connectivity index (χ4n) is 2.25. The van der Waals surface area contributed by atoms with Gasteiger partial charge in [-0.2, -0.15) is 0 Å². The second kappa shape index (κ2) is 8.86. The molecule has 0 spiro atoms. The number of carbonyl (C=O) groups is 1. The van der Waals surface area contributed by atoms with Gasteiger partial charge >= 0.3 is 0 Å². The Hall–Kier alpha value is -1.46. The van der Waals surface area contributed by atoms with Gasteiger partial charge in [0, 0.05) is 24.5 Å². The van der Waals surface area contributed by atoms with E-state index in [0.717, 1.165) is 18.5 Å². The lowest BCUT2D eigenvalue weighted by atomic mass is 9.93. The Morgan fingerprint density at radius 3 is 2.59 bits per heavy atom. The molecular weight excluding hydrogens is 302 g/mol. The molecule has 0 saturated carbocycles. The summed E-state index contributed by atoms with van der Waals surface area (Å²) in [6.07, 6.45) is 2.00. The second-order valence-corrected chi connectivity index (χ2v) is 5.70. The van der Waals surface area contributed by atoms with Gasteiger partial charge < -0.3 is 21.1 Å². The summed E-state index contributed by atoms with van der Waals surface area (Å²) < 4.78 is 5.25. The van der Waals surface area contributed by atoms with Gasteiger partial charge in [-0.1, -0.05) is 25.4 Å². The number of hydrogen-bond donors (Lipinski definition) is 3. The fraction of sp³-hybridized carbons (Fsp3) is 0.562. The van der Waals surface area contributed by atoms with E-state index in [-0.39, 0.29) is 11.4 Å². The van der Waals surface area contributed by atoms with Crippen molar-refractivity contribution in [2.75, 3.05) is 25.5 Å². The van der Waals surface area contributed by atoms with Crippen molar-refractivity contribution in [3.05, 3.63) is 23.2 Å². The molecule has 6 heteroatoms. The zero-order valence-electron chi connectivity index (χ0n) is 13.5. The van der Waals surface area contributed by atoms with Gasteiger partial charge in [0.05, 0.1) is 18.3 Å². The second-order valence-electron chi connectivity index (χ2n) is 5.26. The lowest BCUT2D eigenvalue weighted by molar-refractivity contribution is -0.122. The third-order valence-electron chi connectivity index (χ3n) is 3.98. The third kappa shape index (κ3) is 5.07. The van der Waals surface area contributed by atoms with Gasteiger partial charge in [0.1, 0.15) is 5.75 Å². The Balaban J connectivity index is 2.54. The van der Waals surface area contributed by atoms with E-state index in [4.69, 9.17) is 22.1 Å². The van der Waals surface area contributed by atoms with Crippen LogP contribution in [0.3, 0.4) is 0 Å². The van der Waals surface area contributed by atoms with E-state index in [1.807, 2.05) is 13.8 Å². The Morgan fingerprint density at radius 1 is 1.36 bits per heavy atom. The van der Waals surface area contributed by atoms with Crippen LogP contribution in [0, 0.1) is 0 Å². The molecule has 1 amide bonds. The number of carbonyl (C=O) groups excluding carboxylic acids is 1. The highest BCUT2D eigenvalue weighted by Crippen LogP contribution is 2.27. The van der Waals surface area contributed by atoms with Crippen molar-refractivity contribution in [1.82, 2.24) is 5.32 Å². The first kappa shape index (κ1) is 18.6. The van der Waals surface area contributed by atoms with Crippen LogP contribution < -0.4 is 21.1 Å². The summed E-state index contributed by atoms with van der Waals surface area (Å²) in [5, 5.41) is 6.84. The number of anilines is 1. The Labute approximate surface area is 137 Å². The van der Waals surface area contributed by atoms with Gasteiger partial charge in [-0.3, -0.25) is 4.79 Å². The smallest absolute Gasteiger partial charge is 0.222 e. The van der Waals surface area contributed by atoms with Crippen molar-refractivity contribution >= 4 is 23.2 Å². The topological polar surface area (TPSA) is 76.4 Å². The van der Waals surface area contributed by atoms with Crippen LogP contribution in [0.15, 0.2) is 18.2 Å². The number of rotatable bonds is 9. The first-order chi connectivity index (χ1) is 10.5. The van der Waals surface area contributed by atoms with Crippen LogP contribution in [0.2, 0.25) is 5.02 Å². The molecule has 4 N–H and O–H groups in total. The predicted octanol–water partition coefficient (Wildman–Crippen LogP) is 2.78. The molecular formula is C16H26ClN3O2. The highest BCUT2D eigenvalue weighted by atomic mass is 35.5. The molecule has 5 nitrogen and oxygen atoms in total. The minimum atomic E-state index is -0.301. The summed E-state index contributed by atoms with van der Waals surface area (Å²) in [5.41, 5.74) is 6.27. The van der Waals surface area contributed by atoms with Gasteiger partial charge in [0.25, 0.3) is 0 Å². The molecule has 0 radical (unpaired) electrons. The summed E-state index contributed by atoms with van der Waals surface area (Å²) in [6.45, 7) is 5.01. The Morgan fingerprint density at radius 2 is 2.05 bits per heavy atom. The van der Waals surface area contributed by atoms with E-state index in [0.29, 0.717) is 30.3 Å². The molecule has 0 heterocycles. The van der Waals surface area contributed by atoms with E-state index in [9.17, 15) is 4.79 Å². The SMILES string of the molecule is CCC(CC)(CN)NC(=O)CCNc1cc(Cl)ccc1OC. The zero-order chi connectivity index (χ0) is 16.6. The summed E-state index contributed by atoms with van der Waals surface area (Å²) in [5.74, 6) is 0.686. The monoisotopic (exact) mass is 327 g/mol. The number of nitrogens with two attached hydrogens (primary N) is 1. The van der Waals surface area contributed by atoms with Crippen LogP contribution in [-0.4, -0.2) is 31.6 Å². The minimum absolute atomic E-state index is 0.0114. The average Bonchev–Trinajstić information content (AvgIpc) is 2.53. The number of halogens is 1. The van der Waals surface area contributed by atoms with Crippen molar-refractivity contribution in [2.45, 2.75) is 38.6 Å². The normalized spacial score (nSPS) is 11.1. The molecule has 0 aliphatic carbocycles. The summed E-state index contributed by atoms with van der Waals surface area (Å²) in [4.78, 5) is 12.1. The molecule has 22 heavy (non-hydrogen) atoms. The molecule has 0 aromatic heterocycles. The van der Waals surface area contributed by atoms with Crippen LogP contribution in [0.4, 0.5) is 5.69 Å². The number of amides is 1. The third-order valence-corrected chi connectivity index (χ3v) is 4.21. The molecule has 0 fully saturated rings. The number of ether oxygens (including phenoxy) is 1. The van der Waals surface area contributed by atoms with Crippen molar-refractivity contribution in [2.24, 2.45) is 5.73 Å². The molecule has 0 bridgehead atoms. The zero-order valence-corrected chi connectivity index (χ0v) is 14.3. The molecule has 1 aromatic carbocycles. The number of methoxy groups -OCH3 is 1. The van der Waals surface area contributed by atoms with E-state index < -0.39 is 0 Å². The first-order valence-electron chi connectivity index (χ1n) is 7.58. The predicted molar refractivity (Wildman–Crippen MR) is 91.6 cm³/mol. The van der Waals surface area contributed by atoms with Crippen molar-refractivity contribution in [3.8, 4) is 5.75 Å². The summed E-state index contributed by atoms with van der Waals surface area (Å²) >= 11 is 5.97. The quantitative estimate of drug-likeness (QED) is 0.652. The maximum atomic E-state index is 12.1. The average molecular weight is 328 g/mol. The maximum absolute atomic E-state index is 12.1. The van der Waals surface area contributed by atoms with Crippen LogP contribution in [0.25, 0.3) is 0 Å². The van der Waals surface area contributed by atoms with Crippen LogP contribution in [-0.2, 0) is 4.79 Å². The van der Waals surface area contributed by atoms with E-state index in [1.54, 1.807) is 25.3 Å². The summed E-state index contributed by atoms with van der Waals surface area (Å²) in [6, 6.07) is 5.33. The van der Waals surface area contributed by atoms with Gasteiger partial charge in [-0.25, -0.2) is 0 Å².